The van der Waals surface area contributed by atoms with Crippen LogP contribution in [0.4, 0.5) is 5.69 Å². The molecule has 3 aliphatic carbocycles. The lowest BCUT2D eigenvalue weighted by atomic mass is 9.45. The molecule has 3 saturated carbocycles. The van der Waals surface area contributed by atoms with E-state index in [1.807, 2.05) is 114 Å². The third-order valence-electron chi connectivity index (χ3n) is 14.4. The molecule has 0 unspecified atom stereocenters. The van der Waals surface area contributed by atoms with E-state index in [0.29, 0.717) is 55.1 Å². The van der Waals surface area contributed by atoms with E-state index in [-0.39, 0.29) is 60.7 Å². The van der Waals surface area contributed by atoms with Crippen molar-refractivity contribution in [2.75, 3.05) is 80.5 Å². The van der Waals surface area contributed by atoms with Gasteiger partial charge in [0.1, 0.15) is 17.9 Å². The van der Waals surface area contributed by atoms with E-state index in [2.05, 4.69) is 53.8 Å². The molecule has 3 aromatic carbocycles. The second kappa shape index (κ2) is 21.2. The van der Waals surface area contributed by atoms with E-state index in [4.69, 9.17) is 9.57 Å². The summed E-state index contributed by atoms with van der Waals surface area (Å²) in [7, 11) is 13.5. The number of anilines is 1. The number of para-hydroxylation sites is 1. The lowest BCUT2D eigenvalue weighted by Crippen LogP contribution is -2.62. The van der Waals surface area contributed by atoms with Crippen LogP contribution in [0.3, 0.4) is 0 Å². The van der Waals surface area contributed by atoms with Crippen molar-refractivity contribution in [2.24, 2.45) is 35.0 Å². The largest absolute Gasteiger partial charge is 0.496 e. The standard InChI is InChI=1S/C51H75N7O6/c1-32(22-45(60)52-20-21-55(5)6)46-44(31-59)64-58(47(46)50(62)54-43-28-38-27-42(33(43)2)51(38,3)4)29-35-18-15-19-41(48(35)63-11)36-24-37(26-40(25-36)57(9)10)49(61)53-39(30-56(7)8)23-34-16-13-12-14-17-34/h12-19,24-26,32-33,38-39,42-44,46-47,59H,20-23,27-31H2,1-11H3,(H,52,60)(H,53,61)(H,54,62)/t32-,33+,38-,39+,42+,43+,44+,46-,47+/m1/s1. The van der Waals surface area contributed by atoms with Gasteiger partial charge in [-0.3, -0.25) is 19.2 Å². The van der Waals surface area contributed by atoms with Crippen LogP contribution in [0.15, 0.2) is 66.7 Å². The molecule has 3 amide bonds. The summed E-state index contributed by atoms with van der Waals surface area (Å²) in [5.74, 6) is 0.815. The number of hydroxylamine groups is 2. The minimum absolute atomic E-state index is 0.0225. The van der Waals surface area contributed by atoms with Crippen molar-refractivity contribution in [1.29, 1.82) is 0 Å². The normalized spacial score (nSPS) is 24.8. The van der Waals surface area contributed by atoms with Gasteiger partial charge in [0.2, 0.25) is 11.8 Å². The quantitative estimate of drug-likeness (QED) is 0.118. The molecule has 1 aliphatic heterocycles. The van der Waals surface area contributed by atoms with Crippen LogP contribution in [0.25, 0.3) is 11.1 Å². The van der Waals surface area contributed by atoms with Crippen molar-refractivity contribution in [3.05, 3.63) is 83.4 Å². The maximum Gasteiger partial charge on any atom is 0.251 e. The Morgan fingerprint density at radius 3 is 2.33 bits per heavy atom. The highest BCUT2D eigenvalue weighted by Gasteiger charge is 2.57. The first-order valence-corrected chi connectivity index (χ1v) is 23.2. The number of likely N-dealkylation sites (N-methyl/N-ethyl adjacent to an activating group) is 2. The van der Waals surface area contributed by atoms with Crippen molar-refractivity contribution < 1.29 is 29.1 Å². The average Bonchev–Trinajstić information content (AvgIpc) is 3.62. The maximum absolute atomic E-state index is 14.8. The van der Waals surface area contributed by atoms with Gasteiger partial charge in [-0.15, -0.1) is 0 Å². The number of nitrogens with one attached hydrogen (secondary N) is 3. The van der Waals surface area contributed by atoms with Crippen LogP contribution >= 0.6 is 0 Å². The van der Waals surface area contributed by atoms with E-state index in [1.165, 1.54) is 6.42 Å². The van der Waals surface area contributed by atoms with Crippen LogP contribution in [-0.4, -0.2) is 138 Å². The SMILES string of the molecule is COc1c(CN2O[C@@H](CO)[C@@H]([C@H](C)CC(=O)NCCN(C)C)[C@H]2C(=O)N[C@H]2C[C@H]3C[C@@H]([C@@H]2C)C3(C)C)cccc1-c1cc(C(=O)N[C@@H](Cc2ccccc2)CN(C)C)cc(N(C)C)c1. The van der Waals surface area contributed by atoms with Crippen molar-refractivity contribution in [2.45, 2.75) is 84.2 Å². The minimum Gasteiger partial charge on any atom is -0.496 e. The average molecular weight is 882 g/mol. The number of hydrogen-bond acceptors (Lipinski definition) is 10. The Morgan fingerprint density at radius 2 is 1.70 bits per heavy atom. The van der Waals surface area contributed by atoms with Crippen LogP contribution in [-0.2, 0) is 27.4 Å². The number of fused-ring (bicyclic) bond motifs is 2. The zero-order valence-electron chi connectivity index (χ0n) is 40.2. The molecule has 4 aliphatic rings. The topological polar surface area (TPSA) is 139 Å². The molecule has 2 bridgehead atoms. The third kappa shape index (κ3) is 11.3. The van der Waals surface area contributed by atoms with Gasteiger partial charge in [0, 0.05) is 80.5 Å². The molecule has 0 radical (unpaired) electrons. The summed E-state index contributed by atoms with van der Waals surface area (Å²) >= 11 is 0. The number of carbonyl (C=O) groups excluding carboxylic acids is 3. The highest BCUT2D eigenvalue weighted by atomic mass is 16.7. The second-order valence-electron chi connectivity index (χ2n) is 20.1. The van der Waals surface area contributed by atoms with Crippen molar-refractivity contribution in [3.8, 4) is 16.9 Å². The van der Waals surface area contributed by atoms with Crippen LogP contribution in [0.1, 0.15) is 68.4 Å². The molecule has 0 spiro atoms. The lowest BCUT2D eigenvalue weighted by molar-refractivity contribution is -0.183. The number of carbonyl (C=O) groups is 3. The summed E-state index contributed by atoms with van der Waals surface area (Å²) in [6.45, 7) is 10.7. The Balaban J connectivity index is 1.30. The number of amides is 3. The molecule has 9 atom stereocenters. The predicted molar refractivity (Wildman–Crippen MR) is 254 cm³/mol. The first-order chi connectivity index (χ1) is 30.4. The molecule has 4 fully saturated rings. The zero-order valence-corrected chi connectivity index (χ0v) is 40.2. The Labute approximate surface area is 382 Å². The zero-order chi connectivity index (χ0) is 46.5. The van der Waals surface area contributed by atoms with E-state index in [9.17, 15) is 19.5 Å². The molecule has 350 valence electrons. The highest BCUT2D eigenvalue weighted by Crippen LogP contribution is 2.61. The Bertz CT molecular complexity index is 2060. The maximum atomic E-state index is 14.8. The molecule has 13 heteroatoms. The number of rotatable bonds is 20. The summed E-state index contributed by atoms with van der Waals surface area (Å²) in [4.78, 5) is 54.9. The molecular weight excluding hydrogens is 807 g/mol. The van der Waals surface area contributed by atoms with Gasteiger partial charge in [-0.1, -0.05) is 76.2 Å². The highest BCUT2D eigenvalue weighted by molar-refractivity contribution is 5.97. The number of aliphatic hydroxyl groups excluding tert-OH is 1. The van der Waals surface area contributed by atoms with Gasteiger partial charge < -0.3 is 40.5 Å². The number of methoxy groups -OCH3 is 1. The van der Waals surface area contributed by atoms with Crippen LogP contribution in [0, 0.1) is 35.0 Å². The summed E-state index contributed by atoms with van der Waals surface area (Å²) in [5, 5.41) is 22.3. The van der Waals surface area contributed by atoms with Crippen LogP contribution < -0.4 is 25.6 Å². The number of aliphatic hydroxyl groups is 1. The number of ether oxygens (including phenoxy) is 1. The number of hydrogen-bond donors (Lipinski definition) is 4. The molecule has 0 aromatic heterocycles. The molecule has 64 heavy (non-hydrogen) atoms. The molecular formula is C51H75N7O6. The van der Waals surface area contributed by atoms with E-state index in [0.717, 1.165) is 34.4 Å². The van der Waals surface area contributed by atoms with Gasteiger partial charge in [0.25, 0.3) is 5.91 Å². The molecule has 13 nitrogen and oxygen atoms in total. The molecule has 1 saturated heterocycles. The van der Waals surface area contributed by atoms with E-state index in [1.54, 1.807) is 12.2 Å². The Morgan fingerprint density at radius 1 is 0.969 bits per heavy atom. The fourth-order valence-corrected chi connectivity index (χ4v) is 10.8. The van der Waals surface area contributed by atoms with Crippen LogP contribution in [0.5, 0.6) is 5.75 Å². The van der Waals surface area contributed by atoms with Gasteiger partial charge in [-0.05, 0) is 106 Å². The van der Waals surface area contributed by atoms with Gasteiger partial charge in [0.05, 0.1) is 20.3 Å². The molecule has 1 heterocycles. The molecule has 4 N–H and O–H groups in total. The van der Waals surface area contributed by atoms with Crippen molar-refractivity contribution in [3.63, 3.8) is 0 Å². The fourth-order valence-electron chi connectivity index (χ4n) is 10.8. The molecule has 7 rings (SSSR count). The summed E-state index contributed by atoms with van der Waals surface area (Å²) in [6.07, 6.45) is 2.29. The smallest absolute Gasteiger partial charge is 0.251 e. The first kappa shape index (κ1) is 48.9. The van der Waals surface area contributed by atoms with Gasteiger partial charge in [0.15, 0.2) is 0 Å². The summed E-state index contributed by atoms with van der Waals surface area (Å²) < 4.78 is 6.21. The second-order valence-corrected chi connectivity index (χ2v) is 20.1. The molecule has 3 aromatic rings. The Hall–Kier alpha value is -4.53. The lowest BCUT2D eigenvalue weighted by Gasteiger charge is -2.62. The number of benzene rings is 3. The van der Waals surface area contributed by atoms with Crippen LogP contribution in [0.2, 0.25) is 0 Å². The predicted octanol–water partition coefficient (Wildman–Crippen LogP) is 5.31. The summed E-state index contributed by atoms with van der Waals surface area (Å²) in [6, 6.07) is 21.1. The first-order valence-electron chi connectivity index (χ1n) is 23.2. The van der Waals surface area contributed by atoms with Gasteiger partial charge >= 0.3 is 0 Å². The number of nitrogens with zero attached hydrogens (tertiary/aromatic N) is 4. The fraction of sp³-hybridized carbons (Fsp3) is 0.588. The van der Waals surface area contributed by atoms with Gasteiger partial charge in [-0.2, -0.15) is 5.06 Å². The minimum atomic E-state index is -0.785. The van der Waals surface area contributed by atoms with Crippen molar-refractivity contribution in [1.82, 2.24) is 30.8 Å². The third-order valence-corrected chi connectivity index (χ3v) is 14.4. The van der Waals surface area contributed by atoms with E-state index < -0.39 is 18.1 Å². The monoisotopic (exact) mass is 882 g/mol. The van der Waals surface area contributed by atoms with Gasteiger partial charge in [-0.25, -0.2) is 0 Å². The summed E-state index contributed by atoms with van der Waals surface area (Å²) in [5.41, 5.74) is 5.14. The van der Waals surface area contributed by atoms with Crippen molar-refractivity contribution >= 4 is 23.4 Å². The van der Waals surface area contributed by atoms with E-state index >= 15 is 0 Å². The Kier molecular flexibility index (Phi) is 16.2.